The van der Waals surface area contributed by atoms with Gasteiger partial charge >= 0.3 is 6.18 Å². The lowest BCUT2D eigenvalue weighted by atomic mass is 9.89. The van der Waals surface area contributed by atoms with Crippen LogP contribution in [0.5, 0.6) is 0 Å². The molecule has 1 N–H and O–H groups in total. The van der Waals surface area contributed by atoms with Crippen LogP contribution in [0, 0.1) is 0 Å². The van der Waals surface area contributed by atoms with E-state index in [4.69, 9.17) is 4.98 Å². The van der Waals surface area contributed by atoms with E-state index in [0.717, 1.165) is 61.9 Å². The van der Waals surface area contributed by atoms with Crippen LogP contribution in [0.3, 0.4) is 0 Å². The van der Waals surface area contributed by atoms with Crippen LogP contribution in [0.25, 0.3) is 0 Å². The van der Waals surface area contributed by atoms with Crippen molar-refractivity contribution in [2.24, 2.45) is 0 Å². The number of carbonyl (C=O) groups is 1. The molecule has 172 valence electrons. The summed E-state index contributed by atoms with van der Waals surface area (Å²) in [4.78, 5) is 24.5. The van der Waals surface area contributed by atoms with E-state index in [1.54, 1.807) is 6.92 Å². The highest BCUT2D eigenvalue weighted by Gasteiger charge is 2.31. The van der Waals surface area contributed by atoms with Crippen molar-refractivity contribution < 1.29 is 18.0 Å². The molecule has 0 saturated carbocycles. The van der Waals surface area contributed by atoms with Crippen LogP contribution in [0.1, 0.15) is 56.6 Å². The van der Waals surface area contributed by atoms with Gasteiger partial charge in [-0.25, -0.2) is 9.97 Å². The summed E-state index contributed by atoms with van der Waals surface area (Å²) in [7, 11) is 0. The van der Waals surface area contributed by atoms with Crippen LogP contribution >= 0.6 is 0 Å². The average Bonchev–Trinajstić information content (AvgIpc) is 3.19. The summed E-state index contributed by atoms with van der Waals surface area (Å²) in [6, 6.07) is 6.31. The maximum absolute atomic E-state index is 13.1. The molecule has 0 aliphatic carbocycles. The molecule has 4 rings (SSSR count). The van der Waals surface area contributed by atoms with Crippen molar-refractivity contribution in [2.75, 3.05) is 29.9 Å². The number of amides is 1. The molecule has 2 saturated heterocycles. The Balaban J connectivity index is 1.63. The largest absolute Gasteiger partial charge is 0.416 e. The topological polar surface area (TPSA) is 61.4 Å². The van der Waals surface area contributed by atoms with E-state index in [0.29, 0.717) is 24.9 Å². The second kappa shape index (κ2) is 8.96. The van der Waals surface area contributed by atoms with Crippen molar-refractivity contribution in [1.29, 1.82) is 0 Å². The molecule has 0 spiro atoms. The van der Waals surface area contributed by atoms with Crippen molar-refractivity contribution in [3.05, 3.63) is 41.6 Å². The molecule has 2 aliphatic heterocycles. The quantitative estimate of drug-likeness (QED) is 0.718. The van der Waals surface area contributed by atoms with Crippen molar-refractivity contribution in [2.45, 2.75) is 57.7 Å². The summed E-state index contributed by atoms with van der Waals surface area (Å²) in [6.45, 7) is 6.06. The molecule has 4 heterocycles. The molecule has 32 heavy (non-hydrogen) atoms. The summed E-state index contributed by atoms with van der Waals surface area (Å²) >= 11 is 0. The lowest BCUT2D eigenvalue weighted by Gasteiger charge is -2.32. The Morgan fingerprint density at radius 2 is 1.84 bits per heavy atom. The second-order valence-corrected chi connectivity index (χ2v) is 8.66. The van der Waals surface area contributed by atoms with Gasteiger partial charge in [-0.05, 0) is 68.4 Å². The minimum absolute atomic E-state index is 0.0859. The molecule has 0 unspecified atom stereocenters. The van der Waals surface area contributed by atoms with Crippen LogP contribution in [-0.2, 0) is 11.0 Å². The predicted molar refractivity (Wildman–Crippen MR) is 117 cm³/mol. The Kier molecular flexibility index (Phi) is 6.26. The van der Waals surface area contributed by atoms with Gasteiger partial charge in [-0.15, -0.1) is 0 Å². The molecule has 0 bridgehead atoms. The first kappa shape index (κ1) is 22.4. The average molecular weight is 448 g/mol. The number of pyridine rings is 2. The summed E-state index contributed by atoms with van der Waals surface area (Å²) < 4.78 is 39.3. The molecule has 2 aliphatic rings. The van der Waals surface area contributed by atoms with Crippen LogP contribution in [-0.4, -0.2) is 46.5 Å². The van der Waals surface area contributed by atoms with E-state index in [2.05, 4.69) is 28.2 Å². The standard InChI is InChI=1S/C23H28F3N5O/c1-15-4-3-9-31(15)22-13-18(17-6-10-30(11-7-17)16(2)32)12-21(29-22)28-20-14-19(5-8-27-20)23(24,25)26/h5,8,12-15,17H,3-4,6-7,9-11H2,1-2H3,(H,27,28,29)/t15-/m1/s1. The Hall–Kier alpha value is -2.84. The first-order valence-electron chi connectivity index (χ1n) is 11.0. The number of carbonyl (C=O) groups excluding carboxylic acids is 1. The molecule has 2 fully saturated rings. The predicted octanol–water partition coefficient (Wildman–Crippen LogP) is 4.95. The molecule has 0 radical (unpaired) electrons. The Morgan fingerprint density at radius 1 is 1.09 bits per heavy atom. The molecule has 6 nitrogen and oxygen atoms in total. The molecule has 1 amide bonds. The zero-order chi connectivity index (χ0) is 22.9. The van der Waals surface area contributed by atoms with Gasteiger partial charge in [0.05, 0.1) is 5.56 Å². The highest BCUT2D eigenvalue weighted by Crippen LogP contribution is 2.35. The lowest BCUT2D eigenvalue weighted by molar-refractivity contribution is -0.137. The number of likely N-dealkylation sites (tertiary alicyclic amines) is 1. The Morgan fingerprint density at radius 3 is 2.47 bits per heavy atom. The fraction of sp³-hybridized carbons (Fsp3) is 0.522. The van der Waals surface area contributed by atoms with Gasteiger partial charge in [0.2, 0.25) is 5.91 Å². The maximum Gasteiger partial charge on any atom is 0.416 e. The maximum atomic E-state index is 13.1. The smallest absolute Gasteiger partial charge is 0.354 e. The Bertz CT molecular complexity index is 972. The molecule has 0 aromatic carbocycles. The van der Waals surface area contributed by atoms with E-state index in [1.165, 1.54) is 0 Å². The molecular formula is C23H28F3N5O. The molecule has 1 atom stereocenters. The molecule has 9 heteroatoms. The van der Waals surface area contributed by atoms with E-state index < -0.39 is 11.7 Å². The fourth-order valence-corrected chi connectivity index (χ4v) is 4.59. The third kappa shape index (κ3) is 4.97. The first-order chi connectivity index (χ1) is 15.2. The fourth-order valence-electron chi connectivity index (χ4n) is 4.59. The number of hydrogen-bond donors (Lipinski definition) is 1. The lowest BCUT2D eigenvalue weighted by Crippen LogP contribution is -2.36. The van der Waals surface area contributed by atoms with Gasteiger partial charge in [0.25, 0.3) is 0 Å². The number of alkyl halides is 3. The van der Waals surface area contributed by atoms with E-state index >= 15 is 0 Å². The minimum Gasteiger partial charge on any atom is -0.354 e. The number of anilines is 3. The van der Waals surface area contributed by atoms with Gasteiger partial charge in [0.15, 0.2) is 0 Å². The molecule has 2 aromatic rings. The highest BCUT2D eigenvalue weighted by atomic mass is 19.4. The molecular weight excluding hydrogens is 419 g/mol. The third-order valence-corrected chi connectivity index (χ3v) is 6.44. The monoisotopic (exact) mass is 447 g/mol. The number of nitrogens with one attached hydrogen (secondary N) is 1. The summed E-state index contributed by atoms with van der Waals surface area (Å²) in [5.41, 5.74) is 0.336. The normalized spacial score (nSPS) is 20.0. The van der Waals surface area contributed by atoms with Crippen LogP contribution < -0.4 is 10.2 Å². The number of aromatic nitrogens is 2. The van der Waals surface area contributed by atoms with Crippen molar-refractivity contribution >= 4 is 23.4 Å². The minimum atomic E-state index is -4.44. The van der Waals surface area contributed by atoms with Crippen molar-refractivity contribution in [3.8, 4) is 0 Å². The van der Waals surface area contributed by atoms with Gasteiger partial charge in [0.1, 0.15) is 17.5 Å². The van der Waals surface area contributed by atoms with Gasteiger partial charge in [-0.1, -0.05) is 0 Å². The summed E-state index contributed by atoms with van der Waals surface area (Å²) in [5.74, 6) is 1.77. The second-order valence-electron chi connectivity index (χ2n) is 8.66. The number of nitrogens with zero attached hydrogens (tertiary/aromatic N) is 4. The first-order valence-corrected chi connectivity index (χ1v) is 11.0. The summed E-state index contributed by atoms with van der Waals surface area (Å²) in [5, 5.41) is 2.99. The summed E-state index contributed by atoms with van der Waals surface area (Å²) in [6.07, 6.45) is 0.577. The zero-order valence-electron chi connectivity index (χ0n) is 18.3. The third-order valence-electron chi connectivity index (χ3n) is 6.44. The van der Waals surface area contributed by atoms with Gasteiger partial charge in [0, 0.05) is 38.8 Å². The van der Waals surface area contributed by atoms with Gasteiger partial charge in [-0.3, -0.25) is 4.79 Å². The van der Waals surface area contributed by atoms with Gasteiger partial charge in [-0.2, -0.15) is 13.2 Å². The molecule has 2 aromatic heterocycles. The van der Waals surface area contributed by atoms with Crippen molar-refractivity contribution in [3.63, 3.8) is 0 Å². The van der Waals surface area contributed by atoms with E-state index in [1.807, 2.05) is 11.0 Å². The van der Waals surface area contributed by atoms with E-state index in [-0.39, 0.29) is 17.6 Å². The van der Waals surface area contributed by atoms with Crippen LogP contribution in [0.4, 0.5) is 30.6 Å². The number of halogens is 3. The number of piperidine rings is 1. The zero-order valence-corrected chi connectivity index (χ0v) is 18.3. The van der Waals surface area contributed by atoms with E-state index in [9.17, 15) is 18.0 Å². The Labute approximate surface area is 185 Å². The van der Waals surface area contributed by atoms with Crippen LogP contribution in [0.15, 0.2) is 30.5 Å². The van der Waals surface area contributed by atoms with Crippen LogP contribution in [0.2, 0.25) is 0 Å². The number of hydrogen-bond acceptors (Lipinski definition) is 5. The highest BCUT2D eigenvalue weighted by molar-refractivity contribution is 5.73. The van der Waals surface area contributed by atoms with Crippen molar-refractivity contribution in [1.82, 2.24) is 14.9 Å². The SMILES string of the molecule is CC(=O)N1CCC(c2cc(Nc3cc(C(F)(F)F)ccn3)nc(N3CCC[C@H]3C)c2)CC1. The van der Waals surface area contributed by atoms with Gasteiger partial charge < -0.3 is 15.1 Å². The number of rotatable bonds is 4.